The third-order valence-electron chi connectivity index (χ3n) is 7.00. The standard InChI is InChI=1S/C26H40FN3O3S/c1-6-7-15-30-17-26(18-34-5,33-25(31)32-4)28-24(30)20-13-11-19(12-14-20)23(29(2)3)21-9-8-10-22(27)16-21/h8-10,16,19-20,23H,6-7,11-15,17-18H2,1-5H3. The Balaban J connectivity index is 1.77. The van der Waals surface area contributed by atoms with Crippen LogP contribution in [0.3, 0.4) is 0 Å². The predicted molar refractivity (Wildman–Crippen MR) is 137 cm³/mol. The molecule has 34 heavy (non-hydrogen) atoms. The van der Waals surface area contributed by atoms with E-state index in [9.17, 15) is 9.18 Å². The molecular weight excluding hydrogens is 453 g/mol. The number of methoxy groups -OCH3 is 1. The van der Waals surface area contributed by atoms with Crippen molar-refractivity contribution in [3.63, 3.8) is 0 Å². The van der Waals surface area contributed by atoms with E-state index in [-0.39, 0.29) is 11.9 Å². The van der Waals surface area contributed by atoms with E-state index in [1.807, 2.05) is 12.3 Å². The summed E-state index contributed by atoms with van der Waals surface area (Å²) in [5.41, 5.74) is 0.155. The largest absolute Gasteiger partial charge is 0.510 e. The Kier molecular flexibility index (Phi) is 9.65. The number of carbonyl (C=O) groups is 1. The molecule has 190 valence electrons. The summed E-state index contributed by atoms with van der Waals surface area (Å²) in [5, 5.41) is 0. The van der Waals surface area contributed by atoms with E-state index in [0.717, 1.165) is 56.5 Å². The normalized spacial score (nSPS) is 25.9. The number of ether oxygens (including phenoxy) is 2. The first-order chi connectivity index (χ1) is 16.3. The molecule has 0 aromatic heterocycles. The zero-order valence-corrected chi connectivity index (χ0v) is 22.1. The molecule has 2 unspecified atom stereocenters. The number of unbranched alkanes of at least 4 members (excludes halogenated alkanes) is 1. The molecule has 1 heterocycles. The molecule has 8 heteroatoms. The molecular formula is C26H40FN3O3S. The van der Waals surface area contributed by atoms with Gasteiger partial charge in [-0.15, -0.1) is 0 Å². The second-order valence-corrected chi connectivity index (χ2v) is 10.6. The van der Waals surface area contributed by atoms with Gasteiger partial charge in [-0.1, -0.05) is 25.5 Å². The second-order valence-electron chi connectivity index (χ2n) is 9.76. The lowest BCUT2D eigenvalue weighted by Crippen LogP contribution is -2.43. The average Bonchev–Trinajstić information content (AvgIpc) is 3.16. The number of thioether (sulfide) groups is 1. The Morgan fingerprint density at radius 1 is 1.32 bits per heavy atom. The zero-order chi connectivity index (χ0) is 24.7. The fraction of sp³-hybridized carbons (Fsp3) is 0.692. The first kappa shape index (κ1) is 26.8. The molecule has 0 amide bonds. The van der Waals surface area contributed by atoms with Crippen LogP contribution in [0.2, 0.25) is 0 Å². The molecule has 2 atom stereocenters. The van der Waals surface area contributed by atoms with Crippen LogP contribution in [0.15, 0.2) is 29.3 Å². The van der Waals surface area contributed by atoms with Crippen LogP contribution in [0.25, 0.3) is 0 Å². The third kappa shape index (κ3) is 6.45. The highest BCUT2D eigenvalue weighted by atomic mass is 32.2. The summed E-state index contributed by atoms with van der Waals surface area (Å²) in [6, 6.07) is 7.21. The molecule has 1 aromatic rings. The van der Waals surface area contributed by atoms with Crippen molar-refractivity contribution >= 4 is 23.8 Å². The molecule has 1 saturated carbocycles. The number of amidine groups is 1. The summed E-state index contributed by atoms with van der Waals surface area (Å²) in [6.07, 6.45) is 7.66. The molecule has 1 aliphatic heterocycles. The van der Waals surface area contributed by atoms with Gasteiger partial charge in [0.15, 0.2) is 0 Å². The fourth-order valence-corrected chi connectivity index (χ4v) is 6.21. The van der Waals surface area contributed by atoms with E-state index in [1.54, 1.807) is 23.9 Å². The molecule has 6 nitrogen and oxygen atoms in total. The van der Waals surface area contributed by atoms with E-state index in [2.05, 4.69) is 30.8 Å². The molecule has 0 N–H and O–H groups in total. The highest BCUT2D eigenvalue weighted by Crippen LogP contribution is 2.42. The van der Waals surface area contributed by atoms with Crippen molar-refractivity contribution < 1.29 is 18.7 Å². The minimum atomic E-state index is -0.889. The van der Waals surface area contributed by atoms with Crippen molar-refractivity contribution in [1.82, 2.24) is 9.80 Å². The number of nitrogens with zero attached hydrogens (tertiary/aromatic N) is 3. The van der Waals surface area contributed by atoms with Crippen molar-refractivity contribution in [2.75, 3.05) is 46.3 Å². The van der Waals surface area contributed by atoms with Gasteiger partial charge in [-0.2, -0.15) is 11.8 Å². The third-order valence-corrected chi connectivity index (χ3v) is 7.74. The van der Waals surface area contributed by atoms with Crippen molar-refractivity contribution in [3.05, 3.63) is 35.6 Å². The van der Waals surface area contributed by atoms with Gasteiger partial charge in [-0.25, -0.2) is 14.2 Å². The molecule has 0 spiro atoms. The van der Waals surface area contributed by atoms with Crippen molar-refractivity contribution in [1.29, 1.82) is 0 Å². The number of carbonyl (C=O) groups excluding carboxylic acids is 1. The Labute approximate surface area is 208 Å². The maximum Gasteiger partial charge on any atom is 0.510 e. The molecule has 2 aliphatic rings. The zero-order valence-electron chi connectivity index (χ0n) is 21.3. The maximum absolute atomic E-state index is 13.9. The van der Waals surface area contributed by atoms with E-state index in [4.69, 9.17) is 14.5 Å². The molecule has 0 bridgehead atoms. The van der Waals surface area contributed by atoms with E-state index in [0.29, 0.717) is 24.1 Å². The minimum absolute atomic E-state index is 0.180. The lowest BCUT2D eigenvalue weighted by Gasteiger charge is -2.38. The highest BCUT2D eigenvalue weighted by Gasteiger charge is 2.45. The maximum atomic E-state index is 13.9. The number of halogens is 1. The van der Waals surface area contributed by atoms with Gasteiger partial charge < -0.3 is 19.3 Å². The van der Waals surface area contributed by atoms with Gasteiger partial charge in [0.2, 0.25) is 5.72 Å². The summed E-state index contributed by atoms with van der Waals surface area (Å²) in [6.45, 7) is 3.69. The van der Waals surface area contributed by atoms with Crippen LogP contribution in [0, 0.1) is 17.7 Å². The van der Waals surface area contributed by atoms with Crippen molar-refractivity contribution in [2.24, 2.45) is 16.8 Å². The van der Waals surface area contributed by atoms with Crippen LogP contribution in [-0.4, -0.2) is 73.8 Å². The fourth-order valence-electron chi connectivity index (χ4n) is 5.55. The first-order valence-corrected chi connectivity index (χ1v) is 13.7. The van der Waals surface area contributed by atoms with Crippen molar-refractivity contribution in [2.45, 2.75) is 57.2 Å². The second kappa shape index (κ2) is 12.2. The topological polar surface area (TPSA) is 54.4 Å². The smallest absolute Gasteiger partial charge is 0.438 e. The molecule has 0 saturated heterocycles. The van der Waals surface area contributed by atoms with Crippen LogP contribution in [0.1, 0.15) is 57.1 Å². The Morgan fingerprint density at radius 3 is 2.65 bits per heavy atom. The van der Waals surface area contributed by atoms with Gasteiger partial charge in [0.05, 0.1) is 19.4 Å². The lowest BCUT2D eigenvalue weighted by atomic mass is 9.75. The summed E-state index contributed by atoms with van der Waals surface area (Å²) in [4.78, 5) is 21.6. The predicted octanol–water partition coefficient (Wildman–Crippen LogP) is 5.59. The van der Waals surface area contributed by atoms with Crippen LogP contribution in [0.4, 0.5) is 9.18 Å². The molecule has 0 radical (unpaired) electrons. The van der Waals surface area contributed by atoms with Crippen LogP contribution >= 0.6 is 11.8 Å². The van der Waals surface area contributed by atoms with Crippen molar-refractivity contribution in [3.8, 4) is 0 Å². The summed E-state index contributed by atoms with van der Waals surface area (Å²) in [5.74, 6) is 2.30. The Bertz CT molecular complexity index is 844. The van der Waals surface area contributed by atoms with E-state index < -0.39 is 11.9 Å². The highest BCUT2D eigenvalue weighted by molar-refractivity contribution is 7.98. The minimum Gasteiger partial charge on any atom is -0.438 e. The van der Waals surface area contributed by atoms with Crippen LogP contribution < -0.4 is 0 Å². The first-order valence-electron chi connectivity index (χ1n) is 12.3. The van der Waals surface area contributed by atoms with Gasteiger partial charge in [0, 0.05) is 18.5 Å². The monoisotopic (exact) mass is 493 g/mol. The van der Waals surface area contributed by atoms with Gasteiger partial charge in [0.1, 0.15) is 11.7 Å². The van der Waals surface area contributed by atoms with Gasteiger partial charge in [0.25, 0.3) is 0 Å². The van der Waals surface area contributed by atoms with Crippen LogP contribution in [-0.2, 0) is 9.47 Å². The number of benzene rings is 1. The average molecular weight is 494 g/mol. The lowest BCUT2D eigenvalue weighted by molar-refractivity contribution is -0.0103. The Morgan fingerprint density at radius 2 is 2.06 bits per heavy atom. The Hall–Kier alpha value is -1.80. The van der Waals surface area contributed by atoms with Gasteiger partial charge >= 0.3 is 6.16 Å². The molecule has 1 aromatic carbocycles. The number of aliphatic imine (C=N–C) groups is 1. The van der Waals surface area contributed by atoms with E-state index >= 15 is 0 Å². The molecule has 1 aliphatic carbocycles. The van der Waals surface area contributed by atoms with E-state index in [1.165, 1.54) is 13.2 Å². The van der Waals surface area contributed by atoms with Gasteiger partial charge in [-0.05, 0) is 76.1 Å². The number of hydrogen-bond acceptors (Lipinski definition) is 7. The van der Waals surface area contributed by atoms with Crippen LogP contribution in [0.5, 0.6) is 0 Å². The number of rotatable bonds is 10. The number of hydrogen-bond donors (Lipinski definition) is 0. The SMILES string of the molecule is CCCCN1CC(CSC)(OC(=O)OC)N=C1C1CCC(C(c2cccc(F)c2)N(C)C)CC1. The summed E-state index contributed by atoms with van der Waals surface area (Å²) >= 11 is 1.63. The molecule has 3 rings (SSSR count). The summed E-state index contributed by atoms with van der Waals surface area (Å²) in [7, 11) is 5.50. The van der Waals surface area contributed by atoms with Gasteiger partial charge in [-0.3, -0.25) is 0 Å². The molecule has 1 fully saturated rings. The summed E-state index contributed by atoms with van der Waals surface area (Å²) < 4.78 is 24.5. The quantitative estimate of drug-likeness (QED) is 0.396.